The molecule has 19 heavy (non-hydrogen) atoms. The van der Waals surface area contributed by atoms with Gasteiger partial charge in [-0.25, -0.2) is 8.42 Å². The van der Waals surface area contributed by atoms with Gasteiger partial charge in [0.1, 0.15) is 0 Å². The van der Waals surface area contributed by atoms with Gasteiger partial charge in [-0.2, -0.15) is 0 Å². The molecule has 1 fully saturated rings. The Labute approximate surface area is 123 Å². The summed E-state index contributed by atoms with van der Waals surface area (Å²) < 4.78 is 23.9. The molecule has 0 aromatic heterocycles. The third-order valence-corrected chi connectivity index (χ3v) is 5.52. The Balaban J connectivity index is 2.09. The van der Waals surface area contributed by atoms with Crippen LogP contribution in [0.3, 0.4) is 0 Å². The summed E-state index contributed by atoms with van der Waals surface area (Å²) in [5, 5.41) is 3.29. The molecular formula is C13H19BrN2O2S. The fraction of sp³-hybridized carbons (Fsp3) is 0.538. The lowest BCUT2D eigenvalue weighted by Gasteiger charge is -2.29. The molecule has 1 aromatic rings. The van der Waals surface area contributed by atoms with Crippen molar-refractivity contribution < 1.29 is 8.42 Å². The second kappa shape index (κ2) is 6.24. The molecule has 1 saturated heterocycles. The summed E-state index contributed by atoms with van der Waals surface area (Å²) in [6.45, 7) is 5.03. The highest BCUT2D eigenvalue weighted by molar-refractivity contribution is 9.10. The van der Waals surface area contributed by atoms with Gasteiger partial charge in [-0.15, -0.1) is 0 Å². The van der Waals surface area contributed by atoms with E-state index in [2.05, 4.69) is 51.3 Å². The van der Waals surface area contributed by atoms with Crippen LogP contribution in [0.4, 0.5) is 5.69 Å². The van der Waals surface area contributed by atoms with Crippen LogP contribution in [0.5, 0.6) is 0 Å². The number of nitrogens with zero attached hydrogens (tertiary/aromatic N) is 1. The molecule has 0 spiro atoms. The Morgan fingerprint density at radius 2 is 2.00 bits per heavy atom. The maximum atomic E-state index is 11.4. The minimum Gasteiger partial charge on any atom is -0.369 e. The van der Waals surface area contributed by atoms with Gasteiger partial charge in [0.25, 0.3) is 0 Å². The number of anilines is 1. The van der Waals surface area contributed by atoms with E-state index in [1.807, 2.05) is 0 Å². The molecule has 2 rings (SSSR count). The maximum absolute atomic E-state index is 11.4. The van der Waals surface area contributed by atoms with Gasteiger partial charge in [-0.05, 0) is 40.2 Å². The van der Waals surface area contributed by atoms with Crippen molar-refractivity contribution >= 4 is 31.5 Å². The van der Waals surface area contributed by atoms with Crippen molar-refractivity contribution in [2.75, 3.05) is 36.0 Å². The monoisotopic (exact) mass is 346 g/mol. The van der Waals surface area contributed by atoms with Crippen LogP contribution in [0.15, 0.2) is 22.7 Å². The summed E-state index contributed by atoms with van der Waals surface area (Å²) in [5.74, 6) is 0.497. The third kappa shape index (κ3) is 3.94. The van der Waals surface area contributed by atoms with Crippen LogP contribution in [0.25, 0.3) is 0 Å². The third-order valence-electron chi connectivity index (χ3n) is 3.28. The number of hydrogen-bond acceptors (Lipinski definition) is 4. The predicted octanol–water partition coefficient (Wildman–Crippen LogP) is 1.79. The number of benzene rings is 1. The van der Waals surface area contributed by atoms with Crippen LogP contribution < -0.4 is 10.2 Å². The number of nitrogens with one attached hydrogen (secondary N) is 1. The number of rotatable bonds is 4. The first-order valence-corrected chi connectivity index (χ1v) is 9.08. The van der Waals surface area contributed by atoms with E-state index in [-0.39, 0.29) is 11.5 Å². The van der Waals surface area contributed by atoms with Gasteiger partial charge >= 0.3 is 0 Å². The van der Waals surface area contributed by atoms with Crippen molar-refractivity contribution in [3.8, 4) is 0 Å². The van der Waals surface area contributed by atoms with Crippen molar-refractivity contribution in [3.63, 3.8) is 0 Å². The lowest BCUT2D eigenvalue weighted by Crippen LogP contribution is -2.40. The molecule has 4 nitrogen and oxygen atoms in total. The van der Waals surface area contributed by atoms with E-state index in [1.54, 1.807) is 0 Å². The van der Waals surface area contributed by atoms with E-state index >= 15 is 0 Å². The fourth-order valence-corrected chi connectivity index (χ4v) is 4.02. The average Bonchev–Trinajstić information content (AvgIpc) is 2.37. The lowest BCUT2D eigenvalue weighted by atomic mass is 10.2. The minimum absolute atomic E-state index is 0.249. The van der Waals surface area contributed by atoms with Crippen molar-refractivity contribution in [2.24, 2.45) is 0 Å². The van der Waals surface area contributed by atoms with E-state index < -0.39 is 9.84 Å². The Morgan fingerprint density at radius 1 is 1.32 bits per heavy atom. The number of hydrogen-bond donors (Lipinski definition) is 1. The average molecular weight is 347 g/mol. The molecule has 6 heteroatoms. The van der Waals surface area contributed by atoms with Crippen LogP contribution in [-0.4, -0.2) is 39.6 Å². The summed E-state index contributed by atoms with van der Waals surface area (Å²) in [6.07, 6.45) is 0. The maximum Gasteiger partial charge on any atom is 0.153 e. The highest BCUT2D eigenvalue weighted by Gasteiger charge is 2.22. The Hall–Kier alpha value is -0.590. The smallest absolute Gasteiger partial charge is 0.153 e. The zero-order chi connectivity index (χ0) is 13.9. The van der Waals surface area contributed by atoms with E-state index in [9.17, 15) is 8.42 Å². The normalized spacial score (nSPS) is 18.5. The van der Waals surface area contributed by atoms with Crippen molar-refractivity contribution in [3.05, 3.63) is 28.2 Å². The van der Waals surface area contributed by atoms with Gasteiger partial charge < -0.3 is 10.2 Å². The van der Waals surface area contributed by atoms with Gasteiger partial charge in [0.05, 0.1) is 17.2 Å². The van der Waals surface area contributed by atoms with Gasteiger partial charge in [0.15, 0.2) is 9.84 Å². The largest absolute Gasteiger partial charge is 0.369 e. The van der Waals surface area contributed by atoms with Crippen LogP contribution in [-0.2, 0) is 16.4 Å². The van der Waals surface area contributed by atoms with Crippen LogP contribution in [0.1, 0.15) is 12.5 Å². The second-order valence-electron chi connectivity index (χ2n) is 4.70. The molecule has 1 aliphatic rings. The van der Waals surface area contributed by atoms with Gasteiger partial charge in [-0.3, -0.25) is 0 Å². The van der Waals surface area contributed by atoms with Crippen molar-refractivity contribution in [1.29, 1.82) is 0 Å². The first-order chi connectivity index (χ1) is 9.02. The molecule has 0 atom stereocenters. The highest BCUT2D eigenvalue weighted by Crippen LogP contribution is 2.28. The molecule has 0 bridgehead atoms. The molecule has 1 aromatic carbocycles. The summed E-state index contributed by atoms with van der Waals surface area (Å²) in [5.41, 5.74) is 2.30. The molecule has 0 saturated carbocycles. The van der Waals surface area contributed by atoms with Gasteiger partial charge in [0.2, 0.25) is 0 Å². The van der Waals surface area contributed by atoms with Crippen molar-refractivity contribution in [1.82, 2.24) is 5.32 Å². The van der Waals surface area contributed by atoms with E-state index in [1.165, 1.54) is 5.56 Å². The molecule has 1 aliphatic heterocycles. The lowest BCUT2D eigenvalue weighted by molar-refractivity contribution is 0.586. The number of sulfone groups is 1. The van der Waals surface area contributed by atoms with Gasteiger partial charge in [-0.1, -0.05) is 13.0 Å². The molecule has 0 aliphatic carbocycles. The summed E-state index contributed by atoms with van der Waals surface area (Å²) >= 11 is 3.58. The molecule has 0 amide bonds. The van der Waals surface area contributed by atoms with E-state index in [0.29, 0.717) is 13.1 Å². The molecule has 106 valence electrons. The summed E-state index contributed by atoms with van der Waals surface area (Å²) in [7, 11) is -2.82. The molecule has 0 radical (unpaired) electrons. The quantitative estimate of drug-likeness (QED) is 0.902. The standard InChI is InChI=1S/C13H19BrN2O2S/c1-2-15-10-11-3-4-13(12(14)9-11)16-5-7-19(17,18)8-6-16/h3-4,9,15H,2,5-8,10H2,1H3. The molecule has 1 N–H and O–H groups in total. The first-order valence-electron chi connectivity index (χ1n) is 6.46. The first kappa shape index (κ1) is 14.8. The van der Waals surface area contributed by atoms with E-state index in [4.69, 9.17) is 0 Å². The fourth-order valence-electron chi connectivity index (χ4n) is 2.14. The summed E-state index contributed by atoms with van der Waals surface area (Å²) in [4.78, 5) is 2.13. The Bertz CT molecular complexity index is 532. The second-order valence-corrected chi connectivity index (χ2v) is 7.86. The predicted molar refractivity (Wildman–Crippen MR) is 82.4 cm³/mol. The Kier molecular flexibility index (Phi) is 4.86. The Morgan fingerprint density at radius 3 is 2.58 bits per heavy atom. The molecule has 0 unspecified atom stereocenters. The van der Waals surface area contributed by atoms with Crippen LogP contribution in [0.2, 0.25) is 0 Å². The van der Waals surface area contributed by atoms with Crippen molar-refractivity contribution in [2.45, 2.75) is 13.5 Å². The molecule has 1 heterocycles. The van der Waals surface area contributed by atoms with Gasteiger partial charge in [0, 0.05) is 24.1 Å². The van der Waals surface area contributed by atoms with Crippen LogP contribution in [0, 0.1) is 0 Å². The topological polar surface area (TPSA) is 49.4 Å². The molecular weight excluding hydrogens is 328 g/mol. The zero-order valence-corrected chi connectivity index (χ0v) is 13.4. The zero-order valence-electron chi connectivity index (χ0n) is 11.0. The van der Waals surface area contributed by atoms with Crippen LogP contribution >= 0.6 is 15.9 Å². The highest BCUT2D eigenvalue weighted by atomic mass is 79.9. The number of halogens is 1. The minimum atomic E-state index is -2.82. The SMILES string of the molecule is CCNCc1ccc(N2CCS(=O)(=O)CC2)c(Br)c1. The van der Waals surface area contributed by atoms with E-state index in [0.717, 1.165) is 23.2 Å². The summed E-state index contributed by atoms with van der Waals surface area (Å²) in [6, 6.07) is 6.25.